The van der Waals surface area contributed by atoms with E-state index in [2.05, 4.69) is 51.1 Å². The van der Waals surface area contributed by atoms with Crippen molar-refractivity contribution in [1.82, 2.24) is 0 Å². The van der Waals surface area contributed by atoms with Gasteiger partial charge in [0, 0.05) is 5.92 Å². The first-order chi connectivity index (χ1) is 9.00. The van der Waals surface area contributed by atoms with E-state index in [1.807, 2.05) is 6.07 Å². The Morgan fingerprint density at radius 2 is 1.84 bits per heavy atom. The minimum atomic E-state index is 0.0986. The Morgan fingerprint density at radius 3 is 2.47 bits per heavy atom. The Labute approximate surface area is 115 Å². The molecule has 2 saturated carbocycles. The van der Waals surface area contributed by atoms with Crippen molar-refractivity contribution in [2.75, 3.05) is 0 Å². The van der Waals surface area contributed by atoms with Gasteiger partial charge in [-0.3, -0.25) is 0 Å². The highest BCUT2D eigenvalue weighted by Gasteiger charge is 2.63. The predicted octanol–water partition coefficient (Wildman–Crippen LogP) is 4.34. The van der Waals surface area contributed by atoms with Crippen LogP contribution in [0.5, 0.6) is 0 Å². The number of allylic oxidation sites excluding steroid dienone is 1. The van der Waals surface area contributed by atoms with E-state index in [4.69, 9.17) is 0 Å². The summed E-state index contributed by atoms with van der Waals surface area (Å²) in [6.07, 6.45) is 5.86. The van der Waals surface area contributed by atoms with E-state index in [0.29, 0.717) is 5.92 Å². The van der Waals surface area contributed by atoms with E-state index in [1.165, 1.54) is 30.3 Å². The average molecular weight is 254 g/mol. The topological polar surface area (TPSA) is 17.1 Å². The SMILES string of the molecule is CC1(C)C2CCC1(C)C(C=O)C2=Cc1ccccc1. The van der Waals surface area contributed by atoms with Crippen molar-refractivity contribution >= 4 is 12.4 Å². The lowest BCUT2D eigenvalue weighted by atomic mass is 9.67. The highest BCUT2D eigenvalue weighted by atomic mass is 16.1. The minimum Gasteiger partial charge on any atom is -0.303 e. The summed E-state index contributed by atoms with van der Waals surface area (Å²) in [7, 11) is 0. The summed E-state index contributed by atoms with van der Waals surface area (Å²) in [4.78, 5) is 11.6. The van der Waals surface area contributed by atoms with Crippen molar-refractivity contribution in [3.63, 3.8) is 0 Å². The maximum absolute atomic E-state index is 11.6. The average Bonchev–Trinajstić information content (AvgIpc) is 2.70. The van der Waals surface area contributed by atoms with Gasteiger partial charge < -0.3 is 4.79 Å². The first-order valence-corrected chi connectivity index (χ1v) is 7.22. The van der Waals surface area contributed by atoms with Gasteiger partial charge in [0.1, 0.15) is 6.29 Å². The van der Waals surface area contributed by atoms with E-state index in [-0.39, 0.29) is 16.7 Å². The largest absolute Gasteiger partial charge is 0.303 e. The molecule has 2 aliphatic carbocycles. The number of carbonyl (C=O) groups is 1. The molecule has 0 N–H and O–H groups in total. The summed E-state index contributed by atoms with van der Waals surface area (Å²) >= 11 is 0. The van der Waals surface area contributed by atoms with Crippen LogP contribution in [0.1, 0.15) is 39.2 Å². The van der Waals surface area contributed by atoms with Crippen LogP contribution in [0.2, 0.25) is 0 Å². The molecular formula is C18H22O. The fraction of sp³-hybridized carbons (Fsp3) is 0.500. The highest BCUT2D eigenvalue weighted by molar-refractivity contribution is 5.70. The Hall–Kier alpha value is -1.37. The molecule has 3 rings (SSSR count). The normalized spacial score (nSPS) is 37.7. The molecule has 1 aromatic rings. The summed E-state index contributed by atoms with van der Waals surface area (Å²) in [5.74, 6) is 0.661. The number of benzene rings is 1. The van der Waals surface area contributed by atoms with E-state index >= 15 is 0 Å². The van der Waals surface area contributed by atoms with Gasteiger partial charge in [0.25, 0.3) is 0 Å². The van der Waals surface area contributed by atoms with Crippen LogP contribution < -0.4 is 0 Å². The summed E-state index contributed by atoms with van der Waals surface area (Å²) < 4.78 is 0. The monoisotopic (exact) mass is 254 g/mol. The molecule has 3 atom stereocenters. The van der Waals surface area contributed by atoms with Crippen LogP contribution >= 0.6 is 0 Å². The number of fused-ring (bicyclic) bond motifs is 2. The van der Waals surface area contributed by atoms with Crippen molar-refractivity contribution in [2.45, 2.75) is 33.6 Å². The Morgan fingerprint density at radius 1 is 1.16 bits per heavy atom. The summed E-state index contributed by atoms with van der Waals surface area (Å²) in [6.45, 7) is 6.98. The first kappa shape index (κ1) is 12.7. The third kappa shape index (κ3) is 1.57. The van der Waals surface area contributed by atoms with Gasteiger partial charge in [-0.05, 0) is 35.2 Å². The Kier molecular flexibility index (Phi) is 2.70. The van der Waals surface area contributed by atoms with E-state index < -0.39 is 0 Å². The van der Waals surface area contributed by atoms with Crippen LogP contribution in [0.25, 0.3) is 6.08 Å². The quantitative estimate of drug-likeness (QED) is 0.717. The molecule has 0 saturated heterocycles. The molecule has 2 bridgehead atoms. The number of rotatable bonds is 2. The van der Waals surface area contributed by atoms with Crippen LogP contribution in [0.3, 0.4) is 0 Å². The third-order valence-electron chi connectivity index (χ3n) is 6.01. The number of aldehydes is 1. The second-order valence-electron chi connectivity index (χ2n) is 6.90. The van der Waals surface area contributed by atoms with Crippen molar-refractivity contribution in [3.8, 4) is 0 Å². The van der Waals surface area contributed by atoms with Crippen LogP contribution in [-0.2, 0) is 4.79 Å². The van der Waals surface area contributed by atoms with Crippen LogP contribution in [0.15, 0.2) is 35.9 Å². The zero-order valence-corrected chi connectivity index (χ0v) is 12.0. The fourth-order valence-corrected chi connectivity index (χ4v) is 4.41. The Bertz CT molecular complexity index is 526. The molecule has 0 amide bonds. The second kappa shape index (κ2) is 4.06. The zero-order chi connectivity index (χ0) is 13.7. The Balaban J connectivity index is 2.08. The maximum atomic E-state index is 11.6. The molecule has 0 aromatic heterocycles. The molecular weight excluding hydrogens is 232 g/mol. The molecule has 1 heteroatoms. The number of hydrogen-bond donors (Lipinski definition) is 0. The molecule has 0 aliphatic heterocycles. The maximum Gasteiger partial charge on any atom is 0.127 e. The van der Waals surface area contributed by atoms with Gasteiger partial charge in [-0.2, -0.15) is 0 Å². The molecule has 2 aliphatic rings. The van der Waals surface area contributed by atoms with Gasteiger partial charge in [-0.15, -0.1) is 0 Å². The standard InChI is InChI=1S/C18H22O/c1-17(2)15-9-10-18(17,3)16(12-19)14(15)11-13-7-5-4-6-8-13/h4-8,11-12,15-16H,9-10H2,1-3H3. The summed E-state index contributed by atoms with van der Waals surface area (Å²) in [6, 6.07) is 10.4. The lowest BCUT2D eigenvalue weighted by Crippen LogP contribution is -2.33. The molecule has 3 unspecified atom stereocenters. The smallest absolute Gasteiger partial charge is 0.127 e. The molecule has 19 heavy (non-hydrogen) atoms. The number of carbonyl (C=O) groups excluding carboxylic acids is 1. The molecule has 1 nitrogen and oxygen atoms in total. The molecule has 0 heterocycles. The van der Waals surface area contributed by atoms with Crippen LogP contribution in [0.4, 0.5) is 0 Å². The summed E-state index contributed by atoms with van der Waals surface area (Å²) in [5.41, 5.74) is 2.95. The zero-order valence-electron chi connectivity index (χ0n) is 12.0. The second-order valence-corrected chi connectivity index (χ2v) is 6.90. The molecule has 1 aromatic carbocycles. The lowest BCUT2D eigenvalue weighted by molar-refractivity contribution is -0.113. The van der Waals surface area contributed by atoms with E-state index in [0.717, 1.165) is 0 Å². The van der Waals surface area contributed by atoms with Gasteiger partial charge in [-0.1, -0.05) is 62.8 Å². The fourth-order valence-electron chi connectivity index (χ4n) is 4.41. The molecule has 2 fully saturated rings. The molecule has 0 radical (unpaired) electrons. The van der Waals surface area contributed by atoms with Gasteiger partial charge in [0.15, 0.2) is 0 Å². The van der Waals surface area contributed by atoms with Gasteiger partial charge in [-0.25, -0.2) is 0 Å². The van der Waals surface area contributed by atoms with Crippen molar-refractivity contribution in [2.24, 2.45) is 22.7 Å². The van der Waals surface area contributed by atoms with E-state index in [9.17, 15) is 4.79 Å². The van der Waals surface area contributed by atoms with Gasteiger partial charge in [0.2, 0.25) is 0 Å². The third-order valence-corrected chi connectivity index (χ3v) is 6.01. The van der Waals surface area contributed by atoms with Gasteiger partial charge in [0.05, 0.1) is 0 Å². The van der Waals surface area contributed by atoms with Crippen molar-refractivity contribution in [1.29, 1.82) is 0 Å². The highest BCUT2D eigenvalue weighted by Crippen LogP contribution is 2.69. The number of hydrogen-bond acceptors (Lipinski definition) is 1. The molecule has 100 valence electrons. The minimum absolute atomic E-state index is 0.0986. The van der Waals surface area contributed by atoms with E-state index in [1.54, 1.807) is 0 Å². The van der Waals surface area contributed by atoms with Crippen molar-refractivity contribution < 1.29 is 4.79 Å². The summed E-state index contributed by atoms with van der Waals surface area (Å²) in [5, 5.41) is 0. The lowest BCUT2D eigenvalue weighted by Gasteiger charge is -2.36. The van der Waals surface area contributed by atoms with Crippen LogP contribution in [0, 0.1) is 22.7 Å². The molecule has 0 spiro atoms. The van der Waals surface area contributed by atoms with Crippen molar-refractivity contribution in [3.05, 3.63) is 41.5 Å². The van der Waals surface area contributed by atoms with Gasteiger partial charge >= 0.3 is 0 Å². The van der Waals surface area contributed by atoms with Crippen LogP contribution in [-0.4, -0.2) is 6.29 Å². The predicted molar refractivity (Wildman–Crippen MR) is 78.6 cm³/mol. The first-order valence-electron chi connectivity index (χ1n) is 7.22.